The van der Waals surface area contributed by atoms with Crippen molar-refractivity contribution in [3.63, 3.8) is 0 Å². The van der Waals surface area contributed by atoms with Crippen molar-refractivity contribution in [3.8, 4) is 0 Å². The first-order chi connectivity index (χ1) is 8.28. The minimum absolute atomic E-state index is 0.683. The molecule has 2 heterocycles. The highest BCUT2D eigenvalue weighted by atomic mass is 32.1. The summed E-state index contributed by atoms with van der Waals surface area (Å²) in [4.78, 5) is 12.9. The van der Waals surface area contributed by atoms with Crippen LogP contribution in [0.25, 0.3) is 0 Å². The highest BCUT2D eigenvalue weighted by molar-refractivity contribution is 7.09. The van der Waals surface area contributed by atoms with Crippen molar-refractivity contribution in [2.24, 2.45) is 0 Å². The molecule has 0 atom stereocenters. The second-order valence-electron chi connectivity index (χ2n) is 3.56. The molecule has 0 radical (unpaired) electrons. The van der Waals surface area contributed by atoms with Crippen molar-refractivity contribution in [3.05, 3.63) is 28.5 Å². The Morgan fingerprint density at radius 2 is 1.94 bits per heavy atom. The van der Waals surface area contributed by atoms with E-state index in [1.54, 1.807) is 23.7 Å². The minimum Gasteiger partial charge on any atom is -0.369 e. The summed E-state index contributed by atoms with van der Waals surface area (Å²) in [6.07, 6.45) is 3.42. The molecule has 2 rings (SSSR count). The van der Waals surface area contributed by atoms with Crippen molar-refractivity contribution in [1.29, 1.82) is 0 Å². The van der Waals surface area contributed by atoms with Crippen LogP contribution in [0, 0.1) is 6.92 Å². The minimum atomic E-state index is 0.683. The van der Waals surface area contributed by atoms with E-state index in [9.17, 15) is 0 Å². The fourth-order valence-electron chi connectivity index (χ4n) is 1.37. The standard InChI is InChI=1S/C11H15N5S/c1-3-13-9-4-12-5-10(16-9)14-6-11-15-8(2)7-17-11/h4-5,7H,3,6H2,1-2H3,(H2,13,14,16). The van der Waals surface area contributed by atoms with Gasteiger partial charge in [0.1, 0.15) is 16.6 Å². The zero-order chi connectivity index (χ0) is 12.1. The molecule has 0 aliphatic carbocycles. The van der Waals surface area contributed by atoms with Gasteiger partial charge in [0.2, 0.25) is 0 Å². The first kappa shape index (κ1) is 11.8. The Bertz CT molecular complexity index is 482. The third kappa shape index (κ3) is 3.39. The van der Waals surface area contributed by atoms with Gasteiger partial charge in [-0.3, -0.25) is 4.98 Å². The van der Waals surface area contributed by atoms with E-state index in [0.717, 1.165) is 28.9 Å². The third-order valence-electron chi connectivity index (χ3n) is 2.08. The lowest BCUT2D eigenvalue weighted by molar-refractivity contribution is 1.04. The van der Waals surface area contributed by atoms with E-state index in [0.29, 0.717) is 6.54 Å². The first-order valence-electron chi connectivity index (χ1n) is 5.48. The number of hydrogen-bond donors (Lipinski definition) is 2. The molecule has 2 N–H and O–H groups in total. The molecular formula is C11H15N5S. The third-order valence-corrected chi connectivity index (χ3v) is 3.05. The average Bonchev–Trinajstić information content (AvgIpc) is 2.74. The molecule has 0 fully saturated rings. The van der Waals surface area contributed by atoms with Gasteiger partial charge in [0.15, 0.2) is 0 Å². The molecule has 0 saturated heterocycles. The summed E-state index contributed by atoms with van der Waals surface area (Å²) in [5.74, 6) is 1.55. The second-order valence-corrected chi connectivity index (χ2v) is 4.50. The maximum Gasteiger partial charge on any atom is 0.147 e. The van der Waals surface area contributed by atoms with Crippen molar-refractivity contribution in [2.45, 2.75) is 20.4 Å². The van der Waals surface area contributed by atoms with Gasteiger partial charge in [-0.25, -0.2) is 9.97 Å². The molecule has 0 aromatic carbocycles. The number of aryl methyl sites for hydroxylation is 1. The molecule has 0 spiro atoms. The Balaban J connectivity index is 1.96. The summed E-state index contributed by atoms with van der Waals surface area (Å²) in [5, 5.41) is 9.42. The second kappa shape index (κ2) is 5.58. The molecule has 2 aromatic heterocycles. The number of thiazole rings is 1. The number of rotatable bonds is 5. The zero-order valence-electron chi connectivity index (χ0n) is 9.90. The molecule has 0 aliphatic rings. The van der Waals surface area contributed by atoms with E-state index in [2.05, 4.69) is 25.6 Å². The summed E-state index contributed by atoms with van der Waals surface area (Å²) in [6, 6.07) is 0. The molecular weight excluding hydrogens is 234 g/mol. The predicted molar refractivity (Wildman–Crippen MR) is 70.4 cm³/mol. The Morgan fingerprint density at radius 3 is 2.59 bits per heavy atom. The Hall–Kier alpha value is -1.69. The van der Waals surface area contributed by atoms with E-state index >= 15 is 0 Å². The van der Waals surface area contributed by atoms with Gasteiger partial charge in [0.05, 0.1) is 18.9 Å². The largest absolute Gasteiger partial charge is 0.369 e. The van der Waals surface area contributed by atoms with Crippen LogP contribution >= 0.6 is 11.3 Å². The number of nitrogens with zero attached hydrogens (tertiary/aromatic N) is 3. The van der Waals surface area contributed by atoms with Crippen LogP contribution in [0.3, 0.4) is 0 Å². The van der Waals surface area contributed by atoms with E-state index in [4.69, 9.17) is 0 Å². The molecule has 90 valence electrons. The predicted octanol–water partition coefficient (Wildman–Crippen LogP) is 2.29. The van der Waals surface area contributed by atoms with Crippen molar-refractivity contribution < 1.29 is 0 Å². The van der Waals surface area contributed by atoms with Crippen LogP contribution in [-0.2, 0) is 6.54 Å². The molecule has 0 aliphatic heterocycles. The lowest BCUT2D eigenvalue weighted by Gasteiger charge is -2.05. The fraction of sp³-hybridized carbons (Fsp3) is 0.364. The summed E-state index contributed by atoms with van der Waals surface area (Å²) < 4.78 is 0. The van der Waals surface area contributed by atoms with Crippen LogP contribution in [0.5, 0.6) is 0 Å². The van der Waals surface area contributed by atoms with Gasteiger partial charge >= 0.3 is 0 Å². The Morgan fingerprint density at radius 1 is 1.18 bits per heavy atom. The van der Waals surface area contributed by atoms with Crippen molar-refractivity contribution in [2.75, 3.05) is 17.2 Å². The maximum absolute atomic E-state index is 4.38. The molecule has 2 aromatic rings. The number of aromatic nitrogens is 3. The smallest absolute Gasteiger partial charge is 0.147 e. The van der Waals surface area contributed by atoms with Gasteiger partial charge in [-0.1, -0.05) is 0 Å². The Labute approximate surface area is 104 Å². The highest BCUT2D eigenvalue weighted by Crippen LogP contribution is 2.12. The van der Waals surface area contributed by atoms with E-state index in [-0.39, 0.29) is 0 Å². The van der Waals surface area contributed by atoms with Gasteiger partial charge in [-0.15, -0.1) is 11.3 Å². The molecule has 0 amide bonds. The van der Waals surface area contributed by atoms with Crippen LogP contribution in [0.2, 0.25) is 0 Å². The van der Waals surface area contributed by atoms with Gasteiger partial charge < -0.3 is 10.6 Å². The molecule has 0 saturated carbocycles. The first-order valence-corrected chi connectivity index (χ1v) is 6.36. The van der Waals surface area contributed by atoms with Gasteiger partial charge in [-0.2, -0.15) is 0 Å². The molecule has 0 bridgehead atoms. The van der Waals surface area contributed by atoms with Crippen LogP contribution < -0.4 is 10.6 Å². The lowest BCUT2D eigenvalue weighted by atomic mass is 10.5. The van der Waals surface area contributed by atoms with E-state index in [1.807, 2.05) is 19.2 Å². The van der Waals surface area contributed by atoms with Crippen molar-refractivity contribution >= 4 is 23.0 Å². The maximum atomic E-state index is 4.38. The lowest BCUT2D eigenvalue weighted by Crippen LogP contribution is -2.05. The summed E-state index contributed by atoms with van der Waals surface area (Å²) in [7, 11) is 0. The summed E-state index contributed by atoms with van der Waals surface area (Å²) in [6.45, 7) is 5.54. The van der Waals surface area contributed by atoms with E-state index in [1.165, 1.54) is 0 Å². The number of nitrogens with one attached hydrogen (secondary N) is 2. The molecule has 0 unspecified atom stereocenters. The quantitative estimate of drug-likeness (QED) is 0.851. The van der Waals surface area contributed by atoms with Crippen LogP contribution in [0.1, 0.15) is 17.6 Å². The normalized spacial score (nSPS) is 10.2. The Kier molecular flexibility index (Phi) is 3.87. The van der Waals surface area contributed by atoms with Gasteiger partial charge in [0.25, 0.3) is 0 Å². The monoisotopic (exact) mass is 249 g/mol. The fourth-order valence-corrected chi connectivity index (χ4v) is 2.08. The SMILES string of the molecule is CCNc1cncc(NCc2nc(C)cs2)n1. The zero-order valence-corrected chi connectivity index (χ0v) is 10.7. The van der Waals surface area contributed by atoms with Crippen LogP contribution in [-0.4, -0.2) is 21.5 Å². The highest BCUT2D eigenvalue weighted by Gasteiger charge is 2.00. The van der Waals surface area contributed by atoms with Gasteiger partial charge in [-0.05, 0) is 13.8 Å². The summed E-state index contributed by atoms with van der Waals surface area (Å²) in [5.41, 5.74) is 1.05. The van der Waals surface area contributed by atoms with Crippen LogP contribution in [0.4, 0.5) is 11.6 Å². The van der Waals surface area contributed by atoms with E-state index < -0.39 is 0 Å². The molecule has 5 nitrogen and oxygen atoms in total. The summed E-state index contributed by atoms with van der Waals surface area (Å²) >= 11 is 1.65. The molecule has 6 heteroatoms. The van der Waals surface area contributed by atoms with Gasteiger partial charge in [0, 0.05) is 17.6 Å². The number of anilines is 2. The van der Waals surface area contributed by atoms with Crippen LogP contribution in [0.15, 0.2) is 17.8 Å². The topological polar surface area (TPSA) is 62.7 Å². The molecule has 17 heavy (non-hydrogen) atoms. The van der Waals surface area contributed by atoms with Crippen molar-refractivity contribution in [1.82, 2.24) is 15.0 Å². The number of hydrogen-bond acceptors (Lipinski definition) is 6. The average molecular weight is 249 g/mol.